The standard InChI is InChI=1S/C15H16BrFN2O/c1-10-12(16)5-7-15(18-10)19(2)9-11-4-6-14(20-3)13(17)8-11/h4-8H,9H2,1-3H3. The molecule has 1 heterocycles. The van der Waals surface area contributed by atoms with Crippen LogP contribution in [0.1, 0.15) is 11.3 Å². The fraction of sp³-hybridized carbons (Fsp3) is 0.267. The van der Waals surface area contributed by atoms with Gasteiger partial charge in [0.25, 0.3) is 0 Å². The van der Waals surface area contributed by atoms with Gasteiger partial charge < -0.3 is 9.64 Å². The van der Waals surface area contributed by atoms with Gasteiger partial charge in [-0.15, -0.1) is 0 Å². The third kappa shape index (κ3) is 3.28. The first kappa shape index (κ1) is 14.8. The fourth-order valence-electron chi connectivity index (χ4n) is 1.91. The zero-order valence-corrected chi connectivity index (χ0v) is 13.2. The quantitative estimate of drug-likeness (QED) is 0.844. The minimum absolute atomic E-state index is 0.258. The summed E-state index contributed by atoms with van der Waals surface area (Å²) in [7, 11) is 3.39. The van der Waals surface area contributed by atoms with Gasteiger partial charge in [0.2, 0.25) is 0 Å². The fourth-order valence-corrected chi connectivity index (χ4v) is 2.13. The van der Waals surface area contributed by atoms with E-state index in [4.69, 9.17) is 4.74 Å². The predicted molar refractivity (Wildman–Crippen MR) is 81.7 cm³/mol. The molecule has 1 aromatic heterocycles. The first-order valence-corrected chi connectivity index (χ1v) is 6.97. The highest BCUT2D eigenvalue weighted by molar-refractivity contribution is 9.10. The minimum Gasteiger partial charge on any atom is -0.494 e. The van der Waals surface area contributed by atoms with Gasteiger partial charge in [-0.05, 0) is 52.7 Å². The number of pyridine rings is 1. The molecule has 0 atom stereocenters. The number of hydrogen-bond acceptors (Lipinski definition) is 3. The molecule has 2 rings (SSSR count). The lowest BCUT2D eigenvalue weighted by molar-refractivity contribution is 0.386. The molecule has 0 saturated heterocycles. The second-order valence-corrected chi connectivity index (χ2v) is 5.42. The van der Waals surface area contributed by atoms with Crippen molar-refractivity contribution in [2.45, 2.75) is 13.5 Å². The number of aromatic nitrogens is 1. The third-order valence-electron chi connectivity index (χ3n) is 3.03. The van der Waals surface area contributed by atoms with E-state index in [0.717, 1.165) is 21.5 Å². The highest BCUT2D eigenvalue weighted by Gasteiger charge is 2.08. The van der Waals surface area contributed by atoms with Gasteiger partial charge in [-0.3, -0.25) is 0 Å². The van der Waals surface area contributed by atoms with Crippen LogP contribution in [-0.2, 0) is 6.54 Å². The van der Waals surface area contributed by atoms with E-state index >= 15 is 0 Å². The Kier molecular flexibility index (Phi) is 4.60. The minimum atomic E-state index is -0.349. The zero-order valence-electron chi connectivity index (χ0n) is 11.7. The lowest BCUT2D eigenvalue weighted by atomic mass is 10.2. The van der Waals surface area contributed by atoms with E-state index in [2.05, 4.69) is 20.9 Å². The summed E-state index contributed by atoms with van der Waals surface area (Å²) in [6, 6.07) is 8.86. The maximum Gasteiger partial charge on any atom is 0.165 e. The molecule has 0 N–H and O–H groups in total. The molecule has 20 heavy (non-hydrogen) atoms. The van der Waals surface area contributed by atoms with E-state index in [9.17, 15) is 4.39 Å². The summed E-state index contributed by atoms with van der Waals surface area (Å²) in [5.74, 6) is 0.759. The maximum atomic E-state index is 13.7. The SMILES string of the molecule is COc1ccc(CN(C)c2ccc(Br)c(C)n2)cc1F. The van der Waals surface area contributed by atoms with Gasteiger partial charge in [-0.1, -0.05) is 6.07 Å². The summed E-state index contributed by atoms with van der Waals surface area (Å²) in [6.07, 6.45) is 0. The van der Waals surface area contributed by atoms with E-state index in [1.807, 2.05) is 37.1 Å². The second-order valence-electron chi connectivity index (χ2n) is 4.56. The molecule has 0 bridgehead atoms. The Labute approximate surface area is 126 Å². The Bertz CT molecular complexity index is 619. The largest absolute Gasteiger partial charge is 0.494 e. The molecule has 5 heteroatoms. The van der Waals surface area contributed by atoms with E-state index < -0.39 is 0 Å². The average Bonchev–Trinajstić information content (AvgIpc) is 2.42. The van der Waals surface area contributed by atoms with Gasteiger partial charge in [0, 0.05) is 18.1 Å². The Hall–Kier alpha value is -1.62. The van der Waals surface area contributed by atoms with Crippen molar-refractivity contribution in [2.75, 3.05) is 19.1 Å². The van der Waals surface area contributed by atoms with Crippen molar-refractivity contribution in [3.05, 3.63) is 51.9 Å². The summed E-state index contributed by atoms with van der Waals surface area (Å²) >= 11 is 3.43. The van der Waals surface area contributed by atoms with Crippen LogP contribution in [0.5, 0.6) is 5.75 Å². The van der Waals surface area contributed by atoms with Crippen molar-refractivity contribution in [2.24, 2.45) is 0 Å². The highest BCUT2D eigenvalue weighted by atomic mass is 79.9. The number of anilines is 1. The van der Waals surface area contributed by atoms with Gasteiger partial charge in [-0.2, -0.15) is 0 Å². The van der Waals surface area contributed by atoms with Crippen LogP contribution in [0.4, 0.5) is 10.2 Å². The Morgan fingerprint density at radius 1 is 1.30 bits per heavy atom. The molecule has 0 unspecified atom stereocenters. The number of hydrogen-bond donors (Lipinski definition) is 0. The topological polar surface area (TPSA) is 25.4 Å². The zero-order chi connectivity index (χ0) is 14.7. The second kappa shape index (κ2) is 6.22. The summed E-state index contributed by atoms with van der Waals surface area (Å²) < 4.78 is 19.5. The van der Waals surface area contributed by atoms with Crippen molar-refractivity contribution in [3.8, 4) is 5.75 Å². The van der Waals surface area contributed by atoms with Crippen molar-refractivity contribution >= 4 is 21.7 Å². The summed E-state index contributed by atoms with van der Waals surface area (Å²) in [5, 5.41) is 0. The molecule has 0 spiro atoms. The van der Waals surface area contributed by atoms with E-state index in [1.54, 1.807) is 6.07 Å². The summed E-state index contributed by atoms with van der Waals surface area (Å²) in [5.41, 5.74) is 1.79. The van der Waals surface area contributed by atoms with Gasteiger partial charge in [0.05, 0.1) is 12.8 Å². The van der Waals surface area contributed by atoms with Crippen LogP contribution >= 0.6 is 15.9 Å². The number of rotatable bonds is 4. The van der Waals surface area contributed by atoms with Gasteiger partial charge in [-0.25, -0.2) is 9.37 Å². The van der Waals surface area contributed by atoms with Crippen LogP contribution in [-0.4, -0.2) is 19.1 Å². The van der Waals surface area contributed by atoms with Crippen molar-refractivity contribution in [3.63, 3.8) is 0 Å². The Morgan fingerprint density at radius 2 is 2.05 bits per heavy atom. The predicted octanol–water partition coefficient (Wildman–Crippen LogP) is 3.94. The Balaban J connectivity index is 2.16. The molecule has 0 aliphatic carbocycles. The highest BCUT2D eigenvalue weighted by Crippen LogP contribution is 2.22. The van der Waals surface area contributed by atoms with E-state index in [1.165, 1.54) is 13.2 Å². The third-order valence-corrected chi connectivity index (χ3v) is 3.87. The summed E-state index contributed by atoms with van der Waals surface area (Å²) in [6.45, 7) is 2.52. The van der Waals surface area contributed by atoms with Gasteiger partial charge in [0.1, 0.15) is 5.82 Å². The molecule has 2 aromatic rings. The first-order chi connectivity index (χ1) is 9.51. The lowest BCUT2D eigenvalue weighted by Crippen LogP contribution is -2.18. The van der Waals surface area contributed by atoms with Crippen LogP contribution < -0.4 is 9.64 Å². The number of ether oxygens (including phenoxy) is 1. The van der Waals surface area contributed by atoms with Crippen molar-refractivity contribution in [1.29, 1.82) is 0 Å². The van der Waals surface area contributed by atoms with Crippen LogP contribution in [0.2, 0.25) is 0 Å². The Morgan fingerprint density at radius 3 is 2.65 bits per heavy atom. The van der Waals surface area contributed by atoms with Crippen LogP contribution in [0.15, 0.2) is 34.8 Å². The molecule has 3 nitrogen and oxygen atoms in total. The normalized spacial score (nSPS) is 10.4. The number of benzene rings is 1. The molecule has 0 aliphatic heterocycles. The molecule has 0 fully saturated rings. The van der Waals surface area contributed by atoms with Crippen LogP contribution in [0.3, 0.4) is 0 Å². The molecular weight excluding hydrogens is 323 g/mol. The number of methoxy groups -OCH3 is 1. The first-order valence-electron chi connectivity index (χ1n) is 6.18. The lowest BCUT2D eigenvalue weighted by Gasteiger charge is -2.19. The smallest absolute Gasteiger partial charge is 0.165 e. The molecule has 1 aromatic carbocycles. The van der Waals surface area contributed by atoms with Gasteiger partial charge in [0.15, 0.2) is 11.6 Å². The molecule has 0 radical (unpaired) electrons. The molecular formula is C15H16BrFN2O. The van der Waals surface area contributed by atoms with Crippen molar-refractivity contribution in [1.82, 2.24) is 4.98 Å². The molecule has 0 saturated carbocycles. The van der Waals surface area contributed by atoms with Crippen LogP contribution in [0, 0.1) is 12.7 Å². The molecule has 106 valence electrons. The molecule has 0 aliphatic rings. The monoisotopic (exact) mass is 338 g/mol. The average molecular weight is 339 g/mol. The van der Waals surface area contributed by atoms with Crippen LogP contribution in [0.25, 0.3) is 0 Å². The maximum absolute atomic E-state index is 13.7. The van der Waals surface area contributed by atoms with Gasteiger partial charge >= 0.3 is 0 Å². The van der Waals surface area contributed by atoms with E-state index in [-0.39, 0.29) is 11.6 Å². The number of nitrogens with zero attached hydrogens (tertiary/aromatic N) is 2. The molecule has 0 amide bonds. The number of aryl methyl sites for hydroxylation is 1. The van der Waals surface area contributed by atoms with Crippen molar-refractivity contribution < 1.29 is 9.13 Å². The summed E-state index contributed by atoms with van der Waals surface area (Å²) in [4.78, 5) is 6.46. The number of halogens is 2. The van der Waals surface area contributed by atoms with E-state index in [0.29, 0.717) is 6.54 Å².